The predicted octanol–water partition coefficient (Wildman–Crippen LogP) is 4.55. The van der Waals surface area contributed by atoms with Gasteiger partial charge in [0.1, 0.15) is 11.4 Å². The van der Waals surface area contributed by atoms with Gasteiger partial charge in [-0.25, -0.2) is 4.39 Å². The highest BCUT2D eigenvalue weighted by molar-refractivity contribution is 6.30. The van der Waals surface area contributed by atoms with Crippen molar-refractivity contribution in [1.82, 2.24) is 5.32 Å². The molecule has 1 saturated carbocycles. The zero-order valence-electron chi connectivity index (χ0n) is 16.9. The molecule has 0 aromatic heterocycles. The van der Waals surface area contributed by atoms with Gasteiger partial charge in [0.2, 0.25) is 0 Å². The summed E-state index contributed by atoms with van der Waals surface area (Å²) in [7, 11) is 5.50. The summed E-state index contributed by atoms with van der Waals surface area (Å²) < 4.78 is 14.6. The Hall–Kier alpha value is -1.89. The number of unbranched alkanes of at least 4 members (excludes halogenated alkanes) is 1. The third-order valence-electron chi connectivity index (χ3n) is 6.12. The third kappa shape index (κ3) is 5.23. The van der Waals surface area contributed by atoms with Gasteiger partial charge in [0.15, 0.2) is 0 Å². The number of hydrogen-bond donors (Lipinski definition) is 3. The van der Waals surface area contributed by atoms with Crippen molar-refractivity contribution in [2.75, 3.05) is 0 Å². The van der Waals surface area contributed by atoms with Gasteiger partial charge in [-0.05, 0) is 54.5 Å². The Morgan fingerprint density at radius 3 is 2.47 bits per heavy atom. The van der Waals surface area contributed by atoms with Crippen molar-refractivity contribution >= 4 is 25.4 Å². The molecule has 7 heteroatoms. The lowest BCUT2D eigenvalue weighted by atomic mass is 9.66. The molecular formula is C23H27BClFN2O2. The Bertz CT molecular complexity index is 874. The maximum atomic E-state index is 14.6. The third-order valence-corrected chi connectivity index (χ3v) is 6.37. The number of nitrogens with two attached hydrogens (primary N) is 1. The first kappa shape index (κ1) is 22.8. The second-order valence-electron chi connectivity index (χ2n) is 8.15. The molecule has 1 aliphatic rings. The molecule has 0 saturated heterocycles. The van der Waals surface area contributed by atoms with Gasteiger partial charge in [0.05, 0.1) is 7.85 Å². The molecule has 0 spiro atoms. The van der Waals surface area contributed by atoms with E-state index in [0.717, 1.165) is 17.5 Å². The molecule has 30 heavy (non-hydrogen) atoms. The quantitative estimate of drug-likeness (QED) is 0.383. The van der Waals surface area contributed by atoms with E-state index in [4.69, 9.17) is 25.2 Å². The molecule has 0 aliphatic heterocycles. The Labute approximate surface area is 183 Å². The van der Waals surface area contributed by atoms with E-state index in [1.165, 1.54) is 6.07 Å². The number of aliphatic carboxylic acids is 1. The minimum atomic E-state index is -1.21. The Morgan fingerprint density at radius 2 is 1.87 bits per heavy atom. The second kappa shape index (κ2) is 9.95. The smallest absolute Gasteiger partial charge is 0.323 e. The number of rotatable bonds is 10. The predicted molar refractivity (Wildman–Crippen MR) is 119 cm³/mol. The van der Waals surface area contributed by atoms with Crippen LogP contribution in [0.3, 0.4) is 0 Å². The standard InChI is InChI=1S/C23H27BClFN2O2/c24-10-2-1-9-23(27,22(29)30)18-12-20(13-18)28-14-17-4-3-16(11-21(17)26)15-5-7-19(25)8-6-15/h3-8,11,18,20,28H,1-2,9-10,12-14,27H2,(H,29,30). The summed E-state index contributed by atoms with van der Waals surface area (Å²) in [5.74, 6) is -1.31. The lowest BCUT2D eigenvalue weighted by Gasteiger charge is -2.45. The molecule has 2 aromatic rings. The summed E-state index contributed by atoms with van der Waals surface area (Å²) in [6.07, 6.45) is 3.79. The second-order valence-corrected chi connectivity index (χ2v) is 8.59. The summed E-state index contributed by atoms with van der Waals surface area (Å²) in [6, 6.07) is 12.6. The monoisotopic (exact) mass is 428 g/mol. The number of halogens is 2. The number of hydrogen-bond acceptors (Lipinski definition) is 3. The first-order chi connectivity index (χ1) is 14.3. The number of nitrogens with one attached hydrogen (secondary N) is 1. The van der Waals surface area contributed by atoms with Crippen molar-refractivity contribution in [2.45, 2.75) is 56.5 Å². The van der Waals surface area contributed by atoms with Crippen LogP contribution in [0.15, 0.2) is 42.5 Å². The van der Waals surface area contributed by atoms with Crippen LogP contribution in [0.25, 0.3) is 11.1 Å². The fourth-order valence-corrected chi connectivity index (χ4v) is 4.15. The zero-order valence-corrected chi connectivity index (χ0v) is 17.7. The molecule has 4 nitrogen and oxygen atoms in total. The van der Waals surface area contributed by atoms with Gasteiger partial charge >= 0.3 is 5.97 Å². The van der Waals surface area contributed by atoms with Gasteiger partial charge in [-0.2, -0.15) is 0 Å². The number of carboxylic acid groups (broad SMARTS) is 1. The van der Waals surface area contributed by atoms with E-state index in [9.17, 15) is 14.3 Å². The summed E-state index contributed by atoms with van der Waals surface area (Å²) in [5, 5.41) is 13.6. The zero-order chi connectivity index (χ0) is 21.7. The number of carboxylic acids is 1. The summed E-state index contributed by atoms with van der Waals surface area (Å²) >= 11 is 5.91. The highest BCUT2D eigenvalue weighted by Crippen LogP contribution is 2.38. The van der Waals surface area contributed by atoms with E-state index >= 15 is 0 Å². The van der Waals surface area contributed by atoms with Crippen LogP contribution in [0.2, 0.25) is 11.3 Å². The topological polar surface area (TPSA) is 75.4 Å². The van der Waals surface area contributed by atoms with E-state index in [0.29, 0.717) is 49.1 Å². The van der Waals surface area contributed by atoms with Crippen LogP contribution in [0, 0.1) is 11.7 Å². The van der Waals surface area contributed by atoms with Gasteiger partial charge in [-0.3, -0.25) is 4.79 Å². The molecule has 4 N–H and O–H groups in total. The maximum Gasteiger partial charge on any atom is 0.323 e. The Balaban J connectivity index is 1.53. The van der Waals surface area contributed by atoms with Crippen LogP contribution < -0.4 is 11.1 Å². The van der Waals surface area contributed by atoms with Gasteiger partial charge in [-0.1, -0.05) is 55.0 Å². The van der Waals surface area contributed by atoms with E-state index in [1.807, 2.05) is 18.2 Å². The Morgan fingerprint density at radius 1 is 1.20 bits per heavy atom. The van der Waals surface area contributed by atoms with Crippen LogP contribution in [0.1, 0.15) is 37.7 Å². The number of benzene rings is 2. The molecule has 0 bridgehead atoms. The molecule has 0 heterocycles. The van der Waals surface area contributed by atoms with E-state index < -0.39 is 11.5 Å². The Kier molecular flexibility index (Phi) is 7.56. The fourth-order valence-electron chi connectivity index (χ4n) is 4.02. The van der Waals surface area contributed by atoms with Crippen molar-refractivity contribution in [3.8, 4) is 11.1 Å². The summed E-state index contributed by atoms with van der Waals surface area (Å²) in [5.41, 5.74) is 7.30. The van der Waals surface area contributed by atoms with Crippen molar-refractivity contribution in [1.29, 1.82) is 0 Å². The average Bonchev–Trinajstić information content (AvgIpc) is 2.68. The molecule has 158 valence electrons. The van der Waals surface area contributed by atoms with E-state index in [1.54, 1.807) is 18.2 Å². The minimum absolute atomic E-state index is 0.0811. The highest BCUT2D eigenvalue weighted by Gasteiger charge is 2.47. The lowest BCUT2D eigenvalue weighted by molar-refractivity contribution is -0.148. The van der Waals surface area contributed by atoms with Crippen LogP contribution in [0.5, 0.6) is 0 Å². The normalized spacial score (nSPS) is 20.4. The van der Waals surface area contributed by atoms with Crippen molar-refractivity contribution in [3.05, 3.63) is 58.9 Å². The van der Waals surface area contributed by atoms with E-state index in [-0.39, 0.29) is 17.8 Å². The molecule has 1 atom stereocenters. The molecule has 3 rings (SSSR count). The molecule has 2 aromatic carbocycles. The van der Waals surface area contributed by atoms with Crippen LogP contribution >= 0.6 is 11.6 Å². The fraction of sp³-hybridized carbons (Fsp3) is 0.435. The largest absolute Gasteiger partial charge is 0.480 e. The van der Waals surface area contributed by atoms with Crippen molar-refractivity contribution in [2.24, 2.45) is 11.7 Å². The van der Waals surface area contributed by atoms with Crippen molar-refractivity contribution < 1.29 is 14.3 Å². The first-order valence-corrected chi connectivity index (χ1v) is 10.7. The molecule has 0 amide bonds. The maximum absolute atomic E-state index is 14.6. The first-order valence-electron chi connectivity index (χ1n) is 10.3. The molecular weight excluding hydrogens is 402 g/mol. The van der Waals surface area contributed by atoms with Crippen molar-refractivity contribution in [3.63, 3.8) is 0 Å². The average molecular weight is 429 g/mol. The molecule has 1 fully saturated rings. The summed E-state index contributed by atoms with van der Waals surface area (Å²) in [4.78, 5) is 11.7. The highest BCUT2D eigenvalue weighted by atomic mass is 35.5. The molecule has 2 radical (unpaired) electrons. The van der Waals surface area contributed by atoms with Gasteiger partial charge in [0, 0.05) is 23.2 Å². The minimum Gasteiger partial charge on any atom is -0.480 e. The van der Waals surface area contributed by atoms with Crippen LogP contribution in [-0.4, -0.2) is 30.5 Å². The number of carbonyl (C=O) groups is 1. The molecule has 1 aliphatic carbocycles. The summed E-state index contributed by atoms with van der Waals surface area (Å²) in [6.45, 7) is 0.391. The van der Waals surface area contributed by atoms with Crippen LogP contribution in [0.4, 0.5) is 4.39 Å². The SMILES string of the molecule is [B]CCCCC(N)(C(=O)O)C1CC(NCc2ccc(-c3ccc(Cl)cc3)cc2F)C1. The van der Waals surface area contributed by atoms with Gasteiger partial charge in [0.25, 0.3) is 0 Å². The molecule has 1 unspecified atom stereocenters. The van der Waals surface area contributed by atoms with Gasteiger partial charge < -0.3 is 16.2 Å². The van der Waals surface area contributed by atoms with Crippen LogP contribution in [-0.2, 0) is 11.3 Å². The van der Waals surface area contributed by atoms with Gasteiger partial charge in [-0.15, -0.1) is 0 Å². The lowest BCUT2D eigenvalue weighted by Crippen LogP contribution is -2.61. The van der Waals surface area contributed by atoms with E-state index in [2.05, 4.69) is 5.32 Å².